The zero-order chi connectivity index (χ0) is 27.6. The number of rotatable bonds is 32. The average Bonchev–Trinajstić information content (AvgIpc) is 2.92. The largest absolute Gasteiger partial charge is 0.463 e. The van der Waals surface area contributed by atoms with E-state index in [2.05, 4.69) is 12.8 Å². The lowest BCUT2D eigenvalue weighted by Crippen LogP contribution is -2.15. The summed E-state index contributed by atoms with van der Waals surface area (Å²) in [4.78, 5) is 11.7. The van der Waals surface area contributed by atoms with Gasteiger partial charge in [-0.1, -0.05) is 64.2 Å². The highest BCUT2D eigenvalue weighted by Gasteiger charge is 2.02. The first-order valence-corrected chi connectivity index (χ1v) is 14.4. The Balaban J connectivity index is 3.12. The van der Waals surface area contributed by atoms with Crippen LogP contribution in [0, 0.1) is 12.3 Å². The molecule has 0 aliphatic carbocycles. The van der Waals surface area contributed by atoms with Gasteiger partial charge in [0.2, 0.25) is 0 Å². The van der Waals surface area contributed by atoms with E-state index in [0.717, 1.165) is 12.8 Å². The molecule has 0 heterocycles. The molecule has 224 valence electrons. The summed E-state index contributed by atoms with van der Waals surface area (Å²) in [7, 11) is 0. The molecule has 0 amide bonds. The van der Waals surface area contributed by atoms with Crippen LogP contribution in [0.15, 0.2) is 0 Å². The van der Waals surface area contributed by atoms with Crippen LogP contribution in [0.2, 0.25) is 0 Å². The van der Waals surface area contributed by atoms with Gasteiger partial charge in [0, 0.05) is 6.42 Å². The topological polar surface area (TPSA) is 90.9 Å². The zero-order valence-corrected chi connectivity index (χ0v) is 23.9. The molecule has 0 saturated carbocycles. The Morgan fingerprint density at radius 2 is 0.842 bits per heavy atom. The number of esters is 1. The van der Waals surface area contributed by atoms with E-state index in [9.17, 15) is 4.79 Å². The fraction of sp³-hybridized carbons (Fsp3) is 0.897. The van der Waals surface area contributed by atoms with Crippen molar-refractivity contribution in [2.24, 2.45) is 0 Å². The third kappa shape index (κ3) is 32.8. The lowest BCUT2D eigenvalue weighted by atomic mass is 10.1. The molecule has 38 heavy (non-hydrogen) atoms. The predicted molar refractivity (Wildman–Crippen MR) is 147 cm³/mol. The van der Waals surface area contributed by atoms with Gasteiger partial charge in [-0.2, -0.15) is 0 Å². The van der Waals surface area contributed by atoms with Gasteiger partial charge >= 0.3 is 5.97 Å². The Labute approximate surface area is 231 Å². The Morgan fingerprint density at radius 3 is 1.24 bits per heavy atom. The molecular weight excluding hydrogens is 492 g/mol. The molecule has 0 bridgehead atoms. The Bertz CT molecular complexity index is 511. The van der Waals surface area contributed by atoms with E-state index in [1.807, 2.05) is 0 Å². The molecular formula is C29H54O9. The van der Waals surface area contributed by atoms with Crippen molar-refractivity contribution in [3.8, 4) is 12.3 Å². The van der Waals surface area contributed by atoms with Crippen LogP contribution in [-0.4, -0.2) is 105 Å². The Hall–Kier alpha value is -1.25. The lowest BCUT2D eigenvalue weighted by molar-refractivity contribution is -0.145. The normalized spacial score (nSPS) is 11.1. The zero-order valence-electron chi connectivity index (χ0n) is 23.9. The fourth-order valence-corrected chi connectivity index (χ4v) is 3.32. The number of unbranched alkanes of at least 4 members (excludes halogenated alkanes) is 8. The van der Waals surface area contributed by atoms with Crippen LogP contribution in [0.3, 0.4) is 0 Å². The van der Waals surface area contributed by atoms with Gasteiger partial charge in [-0.05, 0) is 6.42 Å². The number of ether oxygens (including phenoxy) is 8. The second kappa shape index (κ2) is 33.8. The molecule has 9 nitrogen and oxygen atoms in total. The van der Waals surface area contributed by atoms with Crippen molar-refractivity contribution in [2.75, 3.05) is 99.1 Å². The second-order valence-electron chi connectivity index (χ2n) is 8.73. The smallest absolute Gasteiger partial charge is 0.305 e. The minimum atomic E-state index is -0.134. The van der Waals surface area contributed by atoms with Crippen LogP contribution in [0.1, 0.15) is 71.1 Å². The molecule has 0 N–H and O–H groups in total. The molecule has 0 fully saturated rings. The lowest BCUT2D eigenvalue weighted by Gasteiger charge is -2.08. The highest BCUT2D eigenvalue weighted by atomic mass is 16.6. The SMILES string of the molecule is C#CCOCCOCCOCCOCCOCCOCCOCCOC(=O)CCCCCCCCCCC. The molecule has 0 aromatic rings. The third-order valence-electron chi connectivity index (χ3n) is 5.39. The summed E-state index contributed by atoms with van der Waals surface area (Å²) >= 11 is 0. The van der Waals surface area contributed by atoms with Gasteiger partial charge in [0.1, 0.15) is 13.2 Å². The summed E-state index contributed by atoms with van der Waals surface area (Å²) in [5, 5.41) is 0. The fourth-order valence-electron chi connectivity index (χ4n) is 3.32. The van der Waals surface area contributed by atoms with E-state index < -0.39 is 0 Å². The van der Waals surface area contributed by atoms with E-state index in [1.54, 1.807) is 0 Å². The van der Waals surface area contributed by atoms with Crippen LogP contribution in [0.5, 0.6) is 0 Å². The molecule has 0 unspecified atom stereocenters. The van der Waals surface area contributed by atoms with E-state index >= 15 is 0 Å². The summed E-state index contributed by atoms with van der Waals surface area (Å²) in [5.41, 5.74) is 0. The highest BCUT2D eigenvalue weighted by molar-refractivity contribution is 5.69. The number of hydrogen-bond donors (Lipinski definition) is 0. The minimum absolute atomic E-state index is 0.134. The van der Waals surface area contributed by atoms with Gasteiger partial charge in [-0.15, -0.1) is 6.42 Å². The number of carbonyl (C=O) groups excluding carboxylic acids is 1. The van der Waals surface area contributed by atoms with Crippen molar-refractivity contribution in [3.63, 3.8) is 0 Å². The summed E-state index contributed by atoms with van der Waals surface area (Å²) in [5.74, 6) is 2.26. The van der Waals surface area contributed by atoms with Crippen molar-refractivity contribution < 1.29 is 42.7 Å². The van der Waals surface area contributed by atoms with E-state index in [-0.39, 0.29) is 5.97 Å². The minimum Gasteiger partial charge on any atom is -0.463 e. The number of hydrogen-bond acceptors (Lipinski definition) is 9. The van der Waals surface area contributed by atoms with Crippen LogP contribution in [-0.2, 0) is 42.7 Å². The Kier molecular flexibility index (Phi) is 32.7. The molecule has 0 aromatic heterocycles. The number of carbonyl (C=O) groups is 1. The van der Waals surface area contributed by atoms with Crippen molar-refractivity contribution in [1.82, 2.24) is 0 Å². The molecule has 0 spiro atoms. The standard InChI is InChI=1S/C29H54O9/c1-3-5-6-7-8-9-10-11-12-13-29(30)38-28-27-37-26-25-36-24-23-35-22-21-34-20-19-33-18-17-32-16-15-31-14-4-2/h2H,3,5-28H2,1H3. The van der Waals surface area contributed by atoms with Crippen molar-refractivity contribution >= 4 is 5.97 Å². The maximum atomic E-state index is 11.7. The van der Waals surface area contributed by atoms with Crippen LogP contribution in [0.4, 0.5) is 0 Å². The summed E-state index contributed by atoms with van der Waals surface area (Å²) in [6, 6.07) is 0. The van der Waals surface area contributed by atoms with E-state index in [0.29, 0.717) is 106 Å². The average molecular weight is 547 g/mol. The van der Waals surface area contributed by atoms with Crippen LogP contribution >= 0.6 is 0 Å². The first-order valence-electron chi connectivity index (χ1n) is 14.4. The molecule has 0 aromatic carbocycles. The summed E-state index contributed by atoms with van der Waals surface area (Å²) < 4.78 is 42.8. The van der Waals surface area contributed by atoms with Crippen molar-refractivity contribution in [3.05, 3.63) is 0 Å². The maximum Gasteiger partial charge on any atom is 0.305 e. The Morgan fingerprint density at radius 1 is 0.500 bits per heavy atom. The van der Waals surface area contributed by atoms with Gasteiger partial charge in [-0.3, -0.25) is 4.79 Å². The molecule has 0 rings (SSSR count). The molecule has 0 radical (unpaired) electrons. The van der Waals surface area contributed by atoms with Crippen molar-refractivity contribution in [1.29, 1.82) is 0 Å². The first kappa shape index (κ1) is 36.8. The summed E-state index contributed by atoms with van der Waals surface area (Å²) in [6.45, 7) is 9.22. The van der Waals surface area contributed by atoms with Gasteiger partial charge in [0.25, 0.3) is 0 Å². The van der Waals surface area contributed by atoms with E-state index in [1.165, 1.54) is 44.9 Å². The van der Waals surface area contributed by atoms with E-state index in [4.69, 9.17) is 44.3 Å². The second-order valence-corrected chi connectivity index (χ2v) is 8.73. The molecule has 0 aliphatic heterocycles. The van der Waals surface area contributed by atoms with Crippen molar-refractivity contribution in [2.45, 2.75) is 71.1 Å². The third-order valence-corrected chi connectivity index (χ3v) is 5.39. The monoisotopic (exact) mass is 546 g/mol. The first-order chi connectivity index (χ1) is 18.8. The highest BCUT2D eigenvalue weighted by Crippen LogP contribution is 2.10. The molecule has 0 atom stereocenters. The summed E-state index contributed by atoms with van der Waals surface area (Å²) in [6.07, 6.45) is 16.7. The quantitative estimate of drug-likeness (QED) is 0.0699. The van der Waals surface area contributed by atoms with Crippen LogP contribution < -0.4 is 0 Å². The van der Waals surface area contributed by atoms with Gasteiger partial charge in [0.15, 0.2) is 0 Å². The number of terminal acetylenes is 1. The van der Waals surface area contributed by atoms with Gasteiger partial charge in [0.05, 0.1) is 85.9 Å². The van der Waals surface area contributed by atoms with Crippen LogP contribution in [0.25, 0.3) is 0 Å². The predicted octanol–water partition coefficient (Wildman–Crippen LogP) is 4.20. The molecule has 0 saturated heterocycles. The van der Waals surface area contributed by atoms with Gasteiger partial charge < -0.3 is 37.9 Å². The van der Waals surface area contributed by atoms with Gasteiger partial charge in [-0.25, -0.2) is 0 Å². The molecule has 0 aliphatic rings. The maximum absolute atomic E-state index is 11.7. The molecule has 9 heteroatoms.